The van der Waals surface area contributed by atoms with Crippen LogP contribution in [-0.2, 0) is 13.0 Å². The Bertz CT molecular complexity index is 612. The van der Waals surface area contributed by atoms with Gasteiger partial charge in [-0.1, -0.05) is 40.2 Å². The van der Waals surface area contributed by atoms with Crippen LogP contribution >= 0.6 is 15.9 Å². The molecule has 2 aromatic rings. The van der Waals surface area contributed by atoms with Crippen LogP contribution in [0.5, 0.6) is 5.75 Å². The molecule has 104 valence electrons. The van der Waals surface area contributed by atoms with Crippen molar-refractivity contribution in [2.24, 2.45) is 0 Å². The quantitative estimate of drug-likeness (QED) is 0.897. The lowest BCUT2D eigenvalue weighted by Gasteiger charge is -2.30. The maximum atomic E-state index is 6.04. The SMILES string of the molecule is CNCc1cc(Br)ccc1OCC1Cc2ccccc21. The van der Waals surface area contributed by atoms with E-state index in [2.05, 4.69) is 51.6 Å². The van der Waals surface area contributed by atoms with Gasteiger partial charge in [0, 0.05) is 22.5 Å². The third-order valence-electron chi connectivity index (χ3n) is 3.79. The Hall–Kier alpha value is -1.32. The molecule has 0 fully saturated rings. The van der Waals surface area contributed by atoms with Crippen LogP contribution in [0.1, 0.15) is 22.6 Å². The number of fused-ring (bicyclic) bond motifs is 1. The molecule has 0 saturated carbocycles. The van der Waals surface area contributed by atoms with Crippen LogP contribution in [0.25, 0.3) is 0 Å². The maximum absolute atomic E-state index is 6.04. The lowest BCUT2D eigenvalue weighted by molar-refractivity contribution is 0.272. The summed E-state index contributed by atoms with van der Waals surface area (Å²) in [5.41, 5.74) is 4.10. The van der Waals surface area contributed by atoms with Crippen LogP contribution in [0.4, 0.5) is 0 Å². The van der Waals surface area contributed by atoms with E-state index in [0.717, 1.165) is 29.8 Å². The van der Waals surface area contributed by atoms with Gasteiger partial charge in [-0.3, -0.25) is 0 Å². The van der Waals surface area contributed by atoms with E-state index in [9.17, 15) is 0 Å². The van der Waals surface area contributed by atoms with Gasteiger partial charge in [0.1, 0.15) is 5.75 Å². The van der Waals surface area contributed by atoms with Gasteiger partial charge in [-0.15, -0.1) is 0 Å². The summed E-state index contributed by atoms with van der Waals surface area (Å²) >= 11 is 3.51. The van der Waals surface area contributed by atoms with Gasteiger partial charge in [-0.25, -0.2) is 0 Å². The Morgan fingerprint density at radius 3 is 2.90 bits per heavy atom. The van der Waals surface area contributed by atoms with Crippen LogP contribution in [0.15, 0.2) is 46.9 Å². The van der Waals surface area contributed by atoms with Crippen LogP contribution < -0.4 is 10.1 Å². The third kappa shape index (κ3) is 2.74. The fraction of sp³-hybridized carbons (Fsp3) is 0.294. The fourth-order valence-corrected chi connectivity index (χ4v) is 3.13. The molecule has 1 atom stereocenters. The molecule has 0 amide bonds. The highest BCUT2D eigenvalue weighted by molar-refractivity contribution is 9.10. The Morgan fingerprint density at radius 1 is 1.25 bits per heavy atom. The first-order valence-electron chi connectivity index (χ1n) is 6.91. The van der Waals surface area contributed by atoms with E-state index in [1.807, 2.05) is 19.2 Å². The van der Waals surface area contributed by atoms with Crippen LogP contribution in [0.2, 0.25) is 0 Å². The molecule has 3 rings (SSSR count). The Kier molecular flexibility index (Phi) is 4.08. The molecular weight excluding hydrogens is 314 g/mol. The van der Waals surface area contributed by atoms with E-state index >= 15 is 0 Å². The molecule has 0 bridgehead atoms. The second-order valence-electron chi connectivity index (χ2n) is 5.19. The minimum absolute atomic E-state index is 0.539. The molecule has 20 heavy (non-hydrogen) atoms. The maximum Gasteiger partial charge on any atom is 0.123 e. The molecule has 1 N–H and O–H groups in total. The first kappa shape index (κ1) is 13.7. The highest BCUT2D eigenvalue weighted by Gasteiger charge is 2.26. The highest BCUT2D eigenvalue weighted by atomic mass is 79.9. The largest absolute Gasteiger partial charge is 0.493 e. The smallest absolute Gasteiger partial charge is 0.123 e. The molecule has 3 heteroatoms. The Labute approximate surface area is 128 Å². The molecule has 0 saturated heterocycles. The molecule has 1 aliphatic carbocycles. The predicted molar refractivity (Wildman–Crippen MR) is 85.3 cm³/mol. The minimum atomic E-state index is 0.539. The van der Waals surface area contributed by atoms with Gasteiger partial charge in [0.05, 0.1) is 6.61 Å². The zero-order chi connectivity index (χ0) is 13.9. The zero-order valence-electron chi connectivity index (χ0n) is 11.5. The van der Waals surface area contributed by atoms with Crippen molar-refractivity contribution in [2.75, 3.05) is 13.7 Å². The standard InChI is InChI=1S/C17H18BrNO/c1-19-10-13-9-15(18)6-7-17(13)20-11-14-8-12-4-2-3-5-16(12)14/h2-7,9,14,19H,8,10-11H2,1H3. The Balaban J connectivity index is 1.68. The first-order valence-corrected chi connectivity index (χ1v) is 7.71. The topological polar surface area (TPSA) is 21.3 Å². The molecule has 0 spiro atoms. The summed E-state index contributed by atoms with van der Waals surface area (Å²) < 4.78 is 7.13. The fourth-order valence-electron chi connectivity index (χ4n) is 2.72. The minimum Gasteiger partial charge on any atom is -0.493 e. The van der Waals surface area contributed by atoms with Gasteiger partial charge in [-0.05, 0) is 42.8 Å². The number of rotatable bonds is 5. The van der Waals surface area contributed by atoms with Crippen molar-refractivity contribution in [2.45, 2.75) is 18.9 Å². The molecule has 1 aliphatic rings. The van der Waals surface area contributed by atoms with Gasteiger partial charge in [0.15, 0.2) is 0 Å². The van der Waals surface area contributed by atoms with E-state index in [0.29, 0.717) is 5.92 Å². The number of hydrogen-bond donors (Lipinski definition) is 1. The second-order valence-corrected chi connectivity index (χ2v) is 6.11. The number of ether oxygens (including phenoxy) is 1. The normalized spacial score (nSPS) is 16.4. The van der Waals surface area contributed by atoms with Gasteiger partial charge >= 0.3 is 0 Å². The average molecular weight is 332 g/mol. The first-order chi connectivity index (χ1) is 9.78. The van der Waals surface area contributed by atoms with Gasteiger partial charge in [0.25, 0.3) is 0 Å². The summed E-state index contributed by atoms with van der Waals surface area (Å²) in [6, 6.07) is 14.8. The molecule has 0 aliphatic heterocycles. The number of nitrogens with one attached hydrogen (secondary N) is 1. The third-order valence-corrected chi connectivity index (χ3v) is 4.28. The van der Waals surface area contributed by atoms with Crippen LogP contribution in [0.3, 0.4) is 0 Å². The van der Waals surface area contributed by atoms with Crippen LogP contribution in [-0.4, -0.2) is 13.7 Å². The summed E-state index contributed by atoms with van der Waals surface area (Å²) in [7, 11) is 1.95. The van der Waals surface area contributed by atoms with Crippen molar-refractivity contribution < 1.29 is 4.74 Å². The number of benzene rings is 2. The highest BCUT2D eigenvalue weighted by Crippen LogP contribution is 2.35. The average Bonchev–Trinajstić information content (AvgIpc) is 2.42. The molecule has 1 unspecified atom stereocenters. The summed E-state index contributed by atoms with van der Waals surface area (Å²) in [6.07, 6.45) is 1.13. The van der Waals surface area contributed by atoms with Crippen molar-refractivity contribution in [3.8, 4) is 5.75 Å². The molecule has 2 aromatic carbocycles. The second kappa shape index (κ2) is 5.98. The summed E-state index contributed by atoms with van der Waals surface area (Å²) in [6.45, 7) is 1.57. The van der Waals surface area contributed by atoms with Crippen molar-refractivity contribution in [3.63, 3.8) is 0 Å². The summed E-state index contributed by atoms with van der Waals surface area (Å²) in [5, 5.41) is 3.18. The van der Waals surface area contributed by atoms with Crippen molar-refractivity contribution in [1.29, 1.82) is 0 Å². The van der Waals surface area contributed by atoms with Gasteiger partial charge in [0.2, 0.25) is 0 Å². The van der Waals surface area contributed by atoms with Gasteiger partial charge in [-0.2, -0.15) is 0 Å². The monoisotopic (exact) mass is 331 g/mol. The lowest BCUT2D eigenvalue weighted by atomic mass is 9.78. The lowest BCUT2D eigenvalue weighted by Crippen LogP contribution is -2.23. The van der Waals surface area contributed by atoms with Gasteiger partial charge < -0.3 is 10.1 Å². The molecule has 2 nitrogen and oxygen atoms in total. The van der Waals surface area contributed by atoms with Crippen molar-refractivity contribution >= 4 is 15.9 Å². The van der Waals surface area contributed by atoms with E-state index in [1.54, 1.807) is 0 Å². The number of hydrogen-bond acceptors (Lipinski definition) is 2. The van der Waals surface area contributed by atoms with Crippen LogP contribution in [0, 0.1) is 0 Å². The van der Waals surface area contributed by atoms with E-state index in [-0.39, 0.29) is 0 Å². The molecule has 0 heterocycles. The zero-order valence-corrected chi connectivity index (χ0v) is 13.1. The summed E-state index contributed by atoms with van der Waals surface area (Å²) in [5.74, 6) is 1.52. The van der Waals surface area contributed by atoms with Crippen molar-refractivity contribution in [3.05, 3.63) is 63.6 Å². The predicted octanol–water partition coefficient (Wildman–Crippen LogP) is 3.89. The molecular formula is C17H18BrNO. The molecule has 0 radical (unpaired) electrons. The molecule has 0 aromatic heterocycles. The van der Waals surface area contributed by atoms with E-state index < -0.39 is 0 Å². The Morgan fingerprint density at radius 2 is 2.10 bits per heavy atom. The van der Waals surface area contributed by atoms with Crippen molar-refractivity contribution in [1.82, 2.24) is 5.32 Å². The number of halogens is 1. The summed E-state index contributed by atoms with van der Waals surface area (Å²) in [4.78, 5) is 0. The van der Waals surface area contributed by atoms with E-state index in [1.165, 1.54) is 16.7 Å². The van der Waals surface area contributed by atoms with E-state index in [4.69, 9.17) is 4.74 Å².